The summed E-state index contributed by atoms with van der Waals surface area (Å²) in [5.74, 6) is 3.23. The van der Waals surface area contributed by atoms with Gasteiger partial charge in [-0.2, -0.15) is 0 Å². The first-order valence-corrected chi connectivity index (χ1v) is 9.89. The first kappa shape index (κ1) is 19.9. The number of allylic oxidation sites excluding steroid dienone is 1. The SMILES string of the molecule is C#CCOc1ccc(C2C(C(=O)OCC)=C(C)N=C3SC=CN32)cc1OCC. The number of rotatable bonds is 7. The molecular formula is C21H22N2O4S. The van der Waals surface area contributed by atoms with E-state index in [0.717, 1.165) is 10.7 Å². The number of hydrogen-bond acceptors (Lipinski definition) is 7. The second-order valence-electron chi connectivity index (χ2n) is 5.96. The number of terminal acetylenes is 1. The van der Waals surface area contributed by atoms with E-state index >= 15 is 0 Å². The lowest BCUT2D eigenvalue weighted by molar-refractivity contribution is -0.139. The van der Waals surface area contributed by atoms with Crippen molar-refractivity contribution in [2.45, 2.75) is 26.8 Å². The maximum absolute atomic E-state index is 12.7. The number of fused-ring (bicyclic) bond motifs is 1. The van der Waals surface area contributed by atoms with E-state index in [-0.39, 0.29) is 18.6 Å². The third kappa shape index (κ3) is 3.87. The highest BCUT2D eigenvalue weighted by molar-refractivity contribution is 8.16. The first-order chi connectivity index (χ1) is 13.6. The van der Waals surface area contributed by atoms with Crippen LogP contribution in [0.4, 0.5) is 0 Å². The highest BCUT2D eigenvalue weighted by atomic mass is 32.2. The lowest BCUT2D eigenvalue weighted by atomic mass is 9.94. The van der Waals surface area contributed by atoms with Crippen molar-refractivity contribution in [1.29, 1.82) is 0 Å². The lowest BCUT2D eigenvalue weighted by Gasteiger charge is -2.33. The molecule has 2 aliphatic heterocycles. The van der Waals surface area contributed by atoms with Crippen LogP contribution in [0, 0.1) is 12.3 Å². The number of carbonyl (C=O) groups is 1. The number of benzene rings is 1. The fourth-order valence-corrected chi connectivity index (χ4v) is 3.89. The van der Waals surface area contributed by atoms with Crippen molar-refractivity contribution < 1.29 is 19.0 Å². The van der Waals surface area contributed by atoms with Crippen LogP contribution in [0.25, 0.3) is 0 Å². The predicted octanol–water partition coefficient (Wildman–Crippen LogP) is 3.87. The van der Waals surface area contributed by atoms with Gasteiger partial charge in [0, 0.05) is 6.20 Å². The van der Waals surface area contributed by atoms with Crippen LogP contribution >= 0.6 is 11.8 Å². The van der Waals surface area contributed by atoms with Gasteiger partial charge in [0.15, 0.2) is 16.7 Å². The predicted molar refractivity (Wildman–Crippen MR) is 110 cm³/mol. The van der Waals surface area contributed by atoms with Crippen LogP contribution in [0.5, 0.6) is 11.5 Å². The zero-order valence-electron chi connectivity index (χ0n) is 16.1. The molecule has 1 unspecified atom stereocenters. The van der Waals surface area contributed by atoms with Crippen molar-refractivity contribution in [1.82, 2.24) is 4.90 Å². The molecule has 2 aliphatic rings. The minimum Gasteiger partial charge on any atom is -0.490 e. The summed E-state index contributed by atoms with van der Waals surface area (Å²) >= 11 is 1.52. The van der Waals surface area contributed by atoms with Gasteiger partial charge in [0.1, 0.15) is 6.61 Å². The quantitative estimate of drug-likeness (QED) is 0.513. The average Bonchev–Trinajstić information content (AvgIpc) is 3.14. The lowest BCUT2D eigenvalue weighted by Crippen LogP contribution is -2.34. The van der Waals surface area contributed by atoms with Gasteiger partial charge in [-0.1, -0.05) is 23.7 Å². The number of carbonyl (C=O) groups excluding carboxylic acids is 1. The monoisotopic (exact) mass is 398 g/mol. The van der Waals surface area contributed by atoms with E-state index in [1.807, 2.05) is 48.6 Å². The molecule has 0 spiro atoms. The number of ether oxygens (including phenoxy) is 3. The van der Waals surface area contributed by atoms with Crippen molar-refractivity contribution in [2.24, 2.45) is 4.99 Å². The van der Waals surface area contributed by atoms with E-state index in [0.29, 0.717) is 36.0 Å². The topological polar surface area (TPSA) is 60.4 Å². The molecule has 2 heterocycles. The number of amidine groups is 1. The van der Waals surface area contributed by atoms with Crippen LogP contribution in [0.3, 0.4) is 0 Å². The Morgan fingerprint density at radius 3 is 2.82 bits per heavy atom. The van der Waals surface area contributed by atoms with E-state index in [1.165, 1.54) is 11.8 Å². The molecule has 0 radical (unpaired) electrons. The average molecular weight is 398 g/mol. The van der Waals surface area contributed by atoms with Crippen molar-refractivity contribution in [3.63, 3.8) is 0 Å². The summed E-state index contributed by atoms with van der Waals surface area (Å²) in [6.45, 7) is 6.45. The van der Waals surface area contributed by atoms with Crippen molar-refractivity contribution in [3.05, 3.63) is 46.6 Å². The largest absolute Gasteiger partial charge is 0.490 e. The van der Waals surface area contributed by atoms with E-state index < -0.39 is 0 Å². The summed E-state index contributed by atoms with van der Waals surface area (Å²) in [5.41, 5.74) is 2.03. The van der Waals surface area contributed by atoms with Crippen LogP contribution < -0.4 is 9.47 Å². The van der Waals surface area contributed by atoms with E-state index in [2.05, 4.69) is 10.9 Å². The Morgan fingerprint density at radius 2 is 2.11 bits per heavy atom. The summed E-state index contributed by atoms with van der Waals surface area (Å²) in [6.07, 6.45) is 7.22. The molecule has 0 bridgehead atoms. The van der Waals surface area contributed by atoms with Crippen LogP contribution in [-0.4, -0.2) is 35.9 Å². The molecule has 0 saturated heterocycles. The Balaban J connectivity index is 2.06. The van der Waals surface area contributed by atoms with Gasteiger partial charge in [-0.05, 0) is 43.9 Å². The number of hydrogen-bond donors (Lipinski definition) is 0. The fraction of sp³-hybridized carbons (Fsp3) is 0.333. The highest BCUT2D eigenvalue weighted by Gasteiger charge is 2.37. The van der Waals surface area contributed by atoms with E-state index in [9.17, 15) is 4.79 Å². The summed E-state index contributed by atoms with van der Waals surface area (Å²) in [7, 11) is 0. The molecule has 6 nitrogen and oxygen atoms in total. The minimum absolute atomic E-state index is 0.151. The second kappa shape index (κ2) is 8.89. The molecule has 0 aliphatic carbocycles. The van der Waals surface area contributed by atoms with Gasteiger partial charge in [0.25, 0.3) is 0 Å². The molecule has 0 fully saturated rings. The Bertz CT molecular complexity index is 898. The van der Waals surface area contributed by atoms with E-state index in [4.69, 9.17) is 20.6 Å². The molecular weight excluding hydrogens is 376 g/mol. The number of aliphatic imine (C=N–C) groups is 1. The smallest absolute Gasteiger partial charge is 0.338 e. The molecule has 1 aromatic rings. The fourth-order valence-electron chi connectivity index (χ4n) is 3.10. The van der Waals surface area contributed by atoms with Crippen LogP contribution in [0.2, 0.25) is 0 Å². The van der Waals surface area contributed by atoms with Gasteiger partial charge in [-0.3, -0.25) is 0 Å². The molecule has 28 heavy (non-hydrogen) atoms. The minimum atomic E-state index is -0.372. The summed E-state index contributed by atoms with van der Waals surface area (Å²) in [5, 5.41) is 2.77. The molecule has 0 N–H and O–H groups in total. The van der Waals surface area contributed by atoms with Crippen LogP contribution in [0.1, 0.15) is 32.4 Å². The Hall–Kier alpha value is -2.85. The van der Waals surface area contributed by atoms with Gasteiger partial charge < -0.3 is 19.1 Å². The Kier molecular flexibility index (Phi) is 6.32. The van der Waals surface area contributed by atoms with Crippen LogP contribution in [0.15, 0.2) is 46.1 Å². The second-order valence-corrected chi connectivity index (χ2v) is 6.83. The van der Waals surface area contributed by atoms with Gasteiger partial charge in [-0.25, -0.2) is 9.79 Å². The molecule has 0 aromatic heterocycles. The van der Waals surface area contributed by atoms with Gasteiger partial charge in [0.2, 0.25) is 0 Å². The normalized spacial score (nSPS) is 17.7. The van der Waals surface area contributed by atoms with Crippen LogP contribution in [-0.2, 0) is 9.53 Å². The third-order valence-corrected chi connectivity index (χ3v) is 4.98. The van der Waals surface area contributed by atoms with Crippen molar-refractivity contribution in [3.8, 4) is 23.8 Å². The molecule has 0 saturated carbocycles. The van der Waals surface area contributed by atoms with Crippen molar-refractivity contribution in [2.75, 3.05) is 19.8 Å². The standard InChI is InChI=1S/C21H22N2O4S/c1-5-11-27-16-9-8-15(13-17(16)25-6-2)19-18(20(24)26-7-3)14(4)22-21-23(19)10-12-28-21/h1,8-10,12-13,19H,6-7,11H2,2-4H3. The maximum Gasteiger partial charge on any atom is 0.338 e. The summed E-state index contributed by atoms with van der Waals surface area (Å²) in [4.78, 5) is 19.2. The maximum atomic E-state index is 12.7. The highest BCUT2D eigenvalue weighted by Crippen LogP contribution is 2.43. The summed E-state index contributed by atoms with van der Waals surface area (Å²) in [6, 6.07) is 5.24. The first-order valence-electron chi connectivity index (χ1n) is 9.01. The third-order valence-electron chi connectivity index (χ3n) is 4.21. The Labute approximate surface area is 169 Å². The number of thioether (sulfide) groups is 1. The van der Waals surface area contributed by atoms with Gasteiger partial charge >= 0.3 is 5.97 Å². The zero-order chi connectivity index (χ0) is 20.1. The molecule has 1 atom stereocenters. The van der Waals surface area contributed by atoms with Gasteiger partial charge in [-0.15, -0.1) is 6.42 Å². The summed E-state index contributed by atoms with van der Waals surface area (Å²) < 4.78 is 16.6. The number of nitrogens with zero attached hydrogens (tertiary/aromatic N) is 2. The zero-order valence-corrected chi connectivity index (χ0v) is 16.9. The molecule has 1 aromatic carbocycles. The van der Waals surface area contributed by atoms with E-state index in [1.54, 1.807) is 6.92 Å². The molecule has 0 amide bonds. The van der Waals surface area contributed by atoms with Crippen molar-refractivity contribution >= 4 is 22.9 Å². The molecule has 3 rings (SSSR count). The Morgan fingerprint density at radius 1 is 1.29 bits per heavy atom. The molecule has 7 heteroatoms. The molecule has 146 valence electrons. The van der Waals surface area contributed by atoms with Gasteiger partial charge in [0.05, 0.1) is 30.5 Å². The number of esters is 1.